The van der Waals surface area contributed by atoms with Gasteiger partial charge in [0.15, 0.2) is 0 Å². The Balaban J connectivity index is 2.63. The molecule has 0 saturated heterocycles. The van der Waals surface area contributed by atoms with Gasteiger partial charge in [-0.05, 0) is 44.2 Å². The number of aryl methyl sites for hydroxylation is 2. The first-order valence-electron chi connectivity index (χ1n) is 7.07. The Morgan fingerprint density at radius 2 is 1.57 bits per heavy atom. The monoisotopic (exact) mass is 285 g/mol. The topological polar surface area (TPSA) is 30.5 Å². The van der Waals surface area contributed by atoms with E-state index in [1.54, 1.807) is 14.2 Å². The van der Waals surface area contributed by atoms with Gasteiger partial charge < -0.3 is 14.8 Å². The average molecular weight is 285 g/mol. The van der Waals surface area contributed by atoms with Gasteiger partial charge >= 0.3 is 0 Å². The van der Waals surface area contributed by atoms with Crippen LogP contribution in [0.25, 0.3) is 0 Å². The number of hydrogen-bond acceptors (Lipinski definition) is 3. The molecule has 2 aromatic carbocycles. The van der Waals surface area contributed by atoms with E-state index in [9.17, 15) is 0 Å². The first-order valence-corrected chi connectivity index (χ1v) is 7.07. The summed E-state index contributed by atoms with van der Waals surface area (Å²) in [4.78, 5) is 0. The molecule has 0 aromatic heterocycles. The summed E-state index contributed by atoms with van der Waals surface area (Å²) in [5, 5.41) is 3.39. The molecule has 0 spiro atoms. The van der Waals surface area contributed by atoms with Gasteiger partial charge in [-0.15, -0.1) is 0 Å². The van der Waals surface area contributed by atoms with Gasteiger partial charge in [0.05, 0.1) is 25.8 Å². The van der Waals surface area contributed by atoms with Crippen molar-refractivity contribution in [3.8, 4) is 11.5 Å². The second kappa shape index (κ2) is 6.64. The molecule has 0 fully saturated rings. The highest BCUT2D eigenvalue weighted by Crippen LogP contribution is 2.38. The predicted octanol–water partition coefficient (Wildman–Crippen LogP) is 3.63. The third kappa shape index (κ3) is 3.03. The van der Waals surface area contributed by atoms with Crippen molar-refractivity contribution in [3.63, 3.8) is 0 Å². The molecular formula is C18H23NO2. The quantitative estimate of drug-likeness (QED) is 0.910. The van der Waals surface area contributed by atoms with Crippen LogP contribution in [0.3, 0.4) is 0 Å². The fourth-order valence-corrected chi connectivity index (χ4v) is 2.69. The molecule has 0 amide bonds. The van der Waals surface area contributed by atoms with Crippen LogP contribution in [0.1, 0.15) is 28.3 Å². The van der Waals surface area contributed by atoms with Crippen LogP contribution in [0.2, 0.25) is 0 Å². The summed E-state index contributed by atoms with van der Waals surface area (Å²) in [5.41, 5.74) is 4.75. The average Bonchev–Trinajstić information content (AvgIpc) is 2.51. The molecule has 0 bridgehead atoms. The second-order valence-corrected chi connectivity index (χ2v) is 5.16. The molecule has 2 aromatic rings. The van der Waals surface area contributed by atoms with Crippen LogP contribution in [0.5, 0.6) is 11.5 Å². The predicted molar refractivity (Wildman–Crippen MR) is 86.4 cm³/mol. The number of hydrogen-bond donors (Lipinski definition) is 1. The lowest BCUT2D eigenvalue weighted by Gasteiger charge is -2.24. The van der Waals surface area contributed by atoms with Gasteiger partial charge in [0.1, 0.15) is 11.5 Å². The summed E-state index contributed by atoms with van der Waals surface area (Å²) in [5.74, 6) is 1.66. The summed E-state index contributed by atoms with van der Waals surface area (Å²) in [6.07, 6.45) is 0. The minimum atomic E-state index is 0.0241. The Kier molecular flexibility index (Phi) is 4.86. The van der Waals surface area contributed by atoms with E-state index >= 15 is 0 Å². The van der Waals surface area contributed by atoms with Crippen molar-refractivity contribution in [1.82, 2.24) is 5.32 Å². The van der Waals surface area contributed by atoms with Crippen molar-refractivity contribution in [2.24, 2.45) is 0 Å². The van der Waals surface area contributed by atoms with Crippen molar-refractivity contribution >= 4 is 0 Å². The highest BCUT2D eigenvalue weighted by molar-refractivity contribution is 5.52. The van der Waals surface area contributed by atoms with E-state index in [0.29, 0.717) is 0 Å². The molecular weight excluding hydrogens is 262 g/mol. The van der Waals surface area contributed by atoms with E-state index in [0.717, 1.165) is 17.1 Å². The third-order valence-corrected chi connectivity index (χ3v) is 3.79. The Hall–Kier alpha value is -2.00. The van der Waals surface area contributed by atoms with Crippen LogP contribution >= 0.6 is 0 Å². The summed E-state index contributed by atoms with van der Waals surface area (Å²) in [7, 11) is 5.33. The molecule has 1 N–H and O–H groups in total. The zero-order valence-electron chi connectivity index (χ0n) is 13.4. The van der Waals surface area contributed by atoms with Gasteiger partial charge in [0.25, 0.3) is 0 Å². The van der Waals surface area contributed by atoms with Crippen molar-refractivity contribution < 1.29 is 9.47 Å². The van der Waals surface area contributed by atoms with Crippen LogP contribution in [-0.2, 0) is 0 Å². The lowest BCUT2D eigenvalue weighted by molar-refractivity contribution is 0.378. The fourth-order valence-electron chi connectivity index (χ4n) is 2.69. The summed E-state index contributed by atoms with van der Waals surface area (Å²) in [6.45, 7) is 4.23. The van der Waals surface area contributed by atoms with E-state index in [1.165, 1.54) is 16.7 Å². The minimum absolute atomic E-state index is 0.0241. The highest BCUT2D eigenvalue weighted by Gasteiger charge is 2.22. The number of nitrogens with one attached hydrogen (secondary N) is 1. The van der Waals surface area contributed by atoms with E-state index in [4.69, 9.17) is 9.47 Å². The van der Waals surface area contributed by atoms with E-state index < -0.39 is 0 Å². The van der Waals surface area contributed by atoms with Gasteiger partial charge in [0, 0.05) is 0 Å². The van der Waals surface area contributed by atoms with Gasteiger partial charge in [-0.2, -0.15) is 0 Å². The van der Waals surface area contributed by atoms with Crippen LogP contribution in [0.4, 0.5) is 0 Å². The Bertz CT molecular complexity index is 600. The number of benzene rings is 2. The molecule has 0 aliphatic heterocycles. The number of rotatable bonds is 5. The van der Waals surface area contributed by atoms with Gasteiger partial charge in [-0.25, -0.2) is 0 Å². The standard InChI is InChI=1S/C18H23NO2/c1-12-9-10-13(2)14(11-12)18(19-3)17-15(20-4)7-6-8-16(17)21-5/h6-11,18-19H,1-5H3. The SMILES string of the molecule is CNC(c1cc(C)ccc1C)c1c(OC)cccc1OC. The van der Waals surface area contributed by atoms with Crippen LogP contribution in [0, 0.1) is 13.8 Å². The zero-order valence-corrected chi connectivity index (χ0v) is 13.4. The van der Waals surface area contributed by atoms with Gasteiger partial charge in [-0.1, -0.05) is 29.8 Å². The minimum Gasteiger partial charge on any atom is -0.496 e. The smallest absolute Gasteiger partial charge is 0.127 e. The van der Waals surface area contributed by atoms with Gasteiger partial charge in [-0.3, -0.25) is 0 Å². The molecule has 0 aliphatic rings. The molecule has 0 saturated carbocycles. The van der Waals surface area contributed by atoms with Crippen molar-refractivity contribution in [2.75, 3.05) is 21.3 Å². The molecule has 3 nitrogen and oxygen atoms in total. The first kappa shape index (κ1) is 15.4. The molecule has 1 unspecified atom stereocenters. The summed E-state index contributed by atoms with van der Waals surface area (Å²) in [6, 6.07) is 12.4. The maximum atomic E-state index is 5.54. The van der Waals surface area contributed by atoms with Crippen molar-refractivity contribution in [1.29, 1.82) is 0 Å². The molecule has 112 valence electrons. The van der Waals surface area contributed by atoms with Crippen LogP contribution < -0.4 is 14.8 Å². The van der Waals surface area contributed by atoms with E-state index in [-0.39, 0.29) is 6.04 Å². The molecule has 0 radical (unpaired) electrons. The number of methoxy groups -OCH3 is 2. The Morgan fingerprint density at radius 1 is 0.952 bits per heavy atom. The summed E-state index contributed by atoms with van der Waals surface area (Å²) < 4.78 is 11.1. The highest BCUT2D eigenvalue weighted by atomic mass is 16.5. The van der Waals surface area contributed by atoms with Crippen molar-refractivity contribution in [3.05, 3.63) is 58.7 Å². The Labute approximate surface area is 126 Å². The first-order chi connectivity index (χ1) is 10.1. The normalized spacial score (nSPS) is 12.0. The molecule has 3 heteroatoms. The maximum absolute atomic E-state index is 5.54. The summed E-state index contributed by atoms with van der Waals surface area (Å²) >= 11 is 0. The lowest BCUT2D eigenvalue weighted by atomic mass is 9.92. The molecule has 0 heterocycles. The van der Waals surface area contributed by atoms with Gasteiger partial charge in [0.2, 0.25) is 0 Å². The molecule has 1 atom stereocenters. The van der Waals surface area contributed by atoms with Crippen molar-refractivity contribution in [2.45, 2.75) is 19.9 Å². The molecule has 21 heavy (non-hydrogen) atoms. The maximum Gasteiger partial charge on any atom is 0.127 e. The van der Waals surface area contributed by atoms with E-state index in [2.05, 4.69) is 37.4 Å². The largest absolute Gasteiger partial charge is 0.496 e. The second-order valence-electron chi connectivity index (χ2n) is 5.16. The molecule has 2 rings (SSSR count). The third-order valence-electron chi connectivity index (χ3n) is 3.79. The zero-order chi connectivity index (χ0) is 15.4. The fraction of sp³-hybridized carbons (Fsp3) is 0.333. The molecule has 0 aliphatic carbocycles. The van der Waals surface area contributed by atoms with Crippen LogP contribution in [-0.4, -0.2) is 21.3 Å². The van der Waals surface area contributed by atoms with E-state index in [1.807, 2.05) is 25.2 Å². The number of ether oxygens (including phenoxy) is 2. The van der Waals surface area contributed by atoms with Crippen LogP contribution in [0.15, 0.2) is 36.4 Å². The Morgan fingerprint density at radius 3 is 2.10 bits per heavy atom. The lowest BCUT2D eigenvalue weighted by Crippen LogP contribution is -2.20.